The minimum Gasteiger partial charge on any atom is -0.369 e. The Bertz CT molecular complexity index is 927. The molecule has 0 amide bonds. The number of anilines is 1. The van der Waals surface area contributed by atoms with E-state index in [4.69, 9.17) is 16.0 Å². The number of imidazole rings is 1. The van der Waals surface area contributed by atoms with Crippen LogP contribution in [0.4, 0.5) is 5.95 Å². The van der Waals surface area contributed by atoms with Crippen LogP contribution in [0.15, 0.2) is 16.2 Å². The van der Waals surface area contributed by atoms with E-state index in [0.29, 0.717) is 0 Å². The van der Waals surface area contributed by atoms with Crippen LogP contribution in [0.3, 0.4) is 0 Å². The molecular weight excluding hydrogens is 343 g/mol. The lowest BCUT2D eigenvalue weighted by Crippen LogP contribution is -2.25. The number of nitrogen functional groups attached to an aromatic ring is 1. The van der Waals surface area contributed by atoms with Crippen LogP contribution < -0.4 is 11.3 Å². The quantitative estimate of drug-likeness (QED) is 0.246. The summed E-state index contributed by atoms with van der Waals surface area (Å²) in [6, 6.07) is -0.774. The molecule has 0 aliphatic carbocycles. The molecule has 24 heavy (non-hydrogen) atoms. The standard InChI is InChI=1S/C10H13N8O5P/c11-10-14-8-7(9(19)15-10)13-3-18(8)2-5-4(16-17-12)1-6(23-5)24(20,21)22/h3-6H,1-2H2,(H2,20,21,22)(H3,11,14,15,19)/t4-,5+,6-/m0/s1. The zero-order valence-corrected chi connectivity index (χ0v) is 12.9. The Morgan fingerprint density at radius 1 is 1.62 bits per heavy atom. The highest BCUT2D eigenvalue weighted by Crippen LogP contribution is 2.48. The number of aromatic nitrogens is 4. The number of H-pyrrole nitrogens is 1. The molecule has 1 aliphatic heterocycles. The lowest BCUT2D eigenvalue weighted by molar-refractivity contribution is 0.0576. The van der Waals surface area contributed by atoms with Gasteiger partial charge in [-0.1, -0.05) is 5.11 Å². The monoisotopic (exact) mass is 356 g/mol. The van der Waals surface area contributed by atoms with E-state index < -0.39 is 31.1 Å². The molecule has 0 radical (unpaired) electrons. The van der Waals surface area contributed by atoms with Gasteiger partial charge in [0.05, 0.1) is 25.0 Å². The second-order valence-electron chi connectivity index (χ2n) is 5.25. The van der Waals surface area contributed by atoms with Gasteiger partial charge in [-0.05, 0) is 12.0 Å². The number of azide groups is 1. The maximum Gasteiger partial charge on any atom is 0.354 e. The van der Waals surface area contributed by atoms with Gasteiger partial charge in [0, 0.05) is 4.91 Å². The molecule has 128 valence electrons. The van der Waals surface area contributed by atoms with Crippen molar-refractivity contribution in [2.45, 2.75) is 31.0 Å². The fraction of sp³-hybridized carbons (Fsp3) is 0.500. The van der Waals surface area contributed by atoms with E-state index in [2.05, 4.69) is 25.0 Å². The molecule has 2 aromatic rings. The first kappa shape index (κ1) is 16.4. The Morgan fingerprint density at radius 3 is 3.04 bits per heavy atom. The highest BCUT2D eigenvalue weighted by molar-refractivity contribution is 7.52. The van der Waals surface area contributed by atoms with Crippen molar-refractivity contribution in [1.29, 1.82) is 0 Å². The van der Waals surface area contributed by atoms with Crippen molar-refractivity contribution in [1.82, 2.24) is 19.5 Å². The molecule has 0 bridgehead atoms. The lowest BCUT2D eigenvalue weighted by Gasteiger charge is -2.16. The summed E-state index contributed by atoms with van der Waals surface area (Å²) in [7, 11) is -4.49. The molecule has 0 unspecified atom stereocenters. The van der Waals surface area contributed by atoms with Crippen LogP contribution >= 0.6 is 7.60 Å². The summed E-state index contributed by atoms with van der Waals surface area (Å²) in [5.74, 6) is -1.45. The maximum atomic E-state index is 11.7. The molecule has 3 atom stereocenters. The molecule has 1 aliphatic rings. The number of aromatic amines is 1. The van der Waals surface area contributed by atoms with Crippen LogP contribution in [0.25, 0.3) is 21.6 Å². The van der Waals surface area contributed by atoms with Crippen molar-refractivity contribution in [2.24, 2.45) is 5.11 Å². The Balaban J connectivity index is 1.93. The maximum absolute atomic E-state index is 11.7. The summed E-state index contributed by atoms with van der Waals surface area (Å²) in [4.78, 5) is 43.2. The first-order valence-electron chi connectivity index (χ1n) is 6.75. The average molecular weight is 356 g/mol. The largest absolute Gasteiger partial charge is 0.369 e. The van der Waals surface area contributed by atoms with Crippen LogP contribution in [0.2, 0.25) is 0 Å². The minimum atomic E-state index is -4.49. The van der Waals surface area contributed by atoms with Crippen LogP contribution in [-0.2, 0) is 15.8 Å². The highest BCUT2D eigenvalue weighted by Gasteiger charge is 2.43. The van der Waals surface area contributed by atoms with E-state index in [1.165, 1.54) is 10.9 Å². The number of ether oxygens (including phenoxy) is 1. The summed E-state index contributed by atoms with van der Waals surface area (Å²) < 4.78 is 18.2. The molecule has 3 heterocycles. The number of fused-ring (bicyclic) bond motifs is 1. The highest BCUT2D eigenvalue weighted by atomic mass is 31.2. The van der Waals surface area contributed by atoms with Crippen molar-refractivity contribution in [3.63, 3.8) is 0 Å². The predicted molar refractivity (Wildman–Crippen MR) is 80.8 cm³/mol. The van der Waals surface area contributed by atoms with Gasteiger partial charge < -0.3 is 24.8 Å². The summed E-state index contributed by atoms with van der Waals surface area (Å²) >= 11 is 0. The van der Waals surface area contributed by atoms with E-state index in [-0.39, 0.29) is 30.1 Å². The second kappa shape index (κ2) is 5.89. The third-order valence-electron chi connectivity index (χ3n) is 3.65. The van der Waals surface area contributed by atoms with Crippen LogP contribution in [0.1, 0.15) is 6.42 Å². The number of rotatable bonds is 4. The number of hydrogen-bond donors (Lipinski definition) is 4. The molecule has 0 spiro atoms. The van der Waals surface area contributed by atoms with Gasteiger partial charge in [-0.25, -0.2) is 4.98 Å². The first-order valence-corrected chi connectivity index (χ1v) is 8.43. The van der Waals surface area contributed by atoms with Crippen molar-refractivity contribution in [3.05, 3.63) is 27.1 Å². The summed E-state index contributed by atoms with van der Waals surface area (Å²) in [6.07, 6.45) is 0.411. The van der Waals surface area contributed by atoms with Gasteiger partial charge in [-0.15, -0.1) is 0 Å². The van der Waals surface area contributed by atoms with Gasteiger partial charge in [0.1, 0.15) is 0 Å². The van der Waals surface area contributed by atoms with E-state index in [1.807, 2.05) is 0 Å². The Labute approximate surface area is 133 Å². The SMILES string of the molecule is [N-]=[N+]=N[C@H]1C[C@H](P(=O)(O)O)O[C@@H]1Cn1cnc2c(=O)[nH]c(N)nc21. The zero-order chi connectivity index (χ0) is 17.5. The summed E-state index contributed by atoms with van der Waals surface area (Å²) in [5, 5.41) is 3.53. The fourth-order valence-corrected chi connectivity index (χ4v) is 3.38. The van der Waals surface area contributed by atoms with E-state index in [0.717, 1.165) is 0 Å². The topological polar surface area (TPSA) is 205 Å². The van der Waals surface area contributed by atoms with Gasteiger partial charge in [-0.2, -0.15) is 4.98 Å². The van der Waals surface area contributed by atoms with Gasteiger partial charge in [0.2, 0.25) is 5.95 Å². The van der Waals surface area contributed by atoms with Crippen molar-refractivity contribution in [2.75, 3.05) is 5.73 Å². The molecule has 1 fully saturated rings. The Hall–Kier alpha value is -2.43. The molecule has 13 nitrogen and oxygen atoms in total. The number of hydrogen-bond acceptors (Lipinski definition) is 7. The summed E-state index contributed by atoms with van der Waals surface area (Å²) in [5.41, 5.74) is 13.9. The van der Waals surface area contributed by atoms with E-state index in [9.17, 15) is 19.1 Å². The predicted octanol–water partition coefficient (Wildman–Crippen LogP) is -0.327. The van der Waals surface area contributed by atoms with Gasteiger partial charge in [-0.3, -0.25) is 14.3 Å². The smallest absolute Gasteiger partial charge is 0.354 e. The second-order valence-corrected chi connectivity index (χ2v) is 7.00. The van der Waals surface area contributed by atoms with Gasteiger partial charge in [0.25, 0.3) is 5.56 Å². The van der Waals surface area contributed by atoms with Gasteiger partial charge >= 0.3 is 7.60 Å². The molecular formula is C10H13N8O5P. The third kappa shape index (κ3) is 2.98. The Morgan fingerprint density at radius 2 is 2.38 bits per heavy atom. The number of nitrogens with two attached hydrogens (primary N) is 1. The average Bonchev–Trinajstić information content (AvgIpc) is 3.05. The van der Waals surface area contributed by atoms with E-state index in [1.54, 1.807) is 0 Å². The number of nitrogens with one attached hydrogen (secondary N) is 1. The molecule has 0 saturated carbocycles. The molecule has 3 rings (SSSR count). The van der Waals surface area contributed by atoms with Crippen molar-refractivity contribution in [3.8, 4) is 0 Å². The fourth-order valence-electron chi connectivity index (χ4n) is 2.57. The minimum absolute atomic E-state index is 0.0343. The molecule has 0 aromatic carbocycles. The number of nitrogens with zero attached hydrogens (tertiary/aromatic N) is 6. The molecule has 5 N–H and O–H groups in total. The zero-order valence-electron chi connectivity index (χ0n) is 12.1. The molecule has 14 heteroatoms. The summed E-state index contributed by atoms with van der Waals surface area (Å²) in [6.45, 7) is 0.0343. The van der Waals surface area contributed by atoms with Crippen molar-refractivity contribution < 1.29 is 19.1 Å². The van der Waals surface area contributed by atoms with Crippen LogP contribution in [0, 0.1) is 0 Å². The third-order valence-corrected chi connectivity index (χ3v) is 4.73. The molecule has 1 saturated heterocycles. The Kier molecular flexibility index (Phi) is 4.03. The van der Waals surface area contributed by atoms with Crippen molar-refractivity contribution >= 4 is 24.7 Å². The van der Waals surface area contributed by atoms with Gasteiger partial charge in [0.15, 0.2) is 17.0 Å². The van der Waals surface area contributed by atoms with Crippen LogP contribution in [-0.4, -0.2) is 47.3 Å². The molecule has 2 aromatic heterocycles. The first-order chi connectivity index (χ1) is 11.3. The normalized spacial score (nSPS) is 24.2. The van der Waals surface area contributed by atoms with E-state index >= 15 is 0 Å². The lowest BCUT2D eigenvalue weighted by atomic mass is 10.1. The van der Waals surface area contributed by atoms with Crippen LogP contribution in [0.5, 0.6) is 0 Å².